The Kier molecular flexibility index (Phi) is 6.21. The van der Waals surface area contributed by atoms with Gasteiger partial charge in [-0.3, -0.25) is 0 Å². The van der Waals surface area contributed by atoms with Gasteiger partial charge in [0.2, 0.25) is 0 Å². The summed E-state index contributed by atoms with van der Waals surface area (Å²) in [6.07, 6.45) is 9.73. The first-order valence-electron chi connectivity index (χ1n) is 9.73. The molecule has 2 atom stereocenters. The molecule has 0 aromatic heterocycles. The summed E-state index contributed by atoms with van der Waals surface area (Å²) >= 11 is -3.32. The van der Waals surface area contributed by atoms with Crippen LogP contribution in [0.5, 0.6) is 0 Å². The van der Waals surface area contributed by atoms with Gasteiger partial charge >= 0.3 is 165 Å². The molecule has 0 saturated carbocycles. The zero-order valence-corrected chi connectivity index (χ0v) is 21.1. The number of benzene rings is 3. The summed E-state index contributed by atoms with van der Waals surface area (Å²) in [5.74, 6) is 0. The zero-order chi connectivity index (χ0) is 18.5. The molecule has 29 heavy (non-hydrogen) atoms. The van der Waals surface area contributed by atoms with E-state index in [0.29, 0.717) is 8.45 Å². The molecule has 0 fully saturated rings. The van der Waals surface area contributed by atoms with Gasteiger partial charge in [0.05, 0.1) is 0 Å². The van der Waals surface area contributed by atoms with E-state index in [1.54, 1.807) is 3.87 Å². The Morgan fingerprint density at radius 3 is 1.52 bits per heavy atom. The van der Waals surface area contributed by atoms with Crippen molar-refractivity contribution in [3.05, 3.63) is 113 Å². The fraction of sp³-hybridized carbons (Fsp3) is 0.120. The van der Waals surface area contributed by atoms with E-state index in [2.05, 4.69) is 116 Å². The van der Waals surface area contributed by atoms with Gasteiger partial charge in [-0.05, 0) is 0 Å². The monoisotopic (exact) mass is 472 g/mol. The molecule has 2 aliphatic rings. The molecule has 0 heterocycles. The van der Waals surface area contributed by atoms with Gasteiger partial charge in [-0.15, -0.1) is 24.8 Å². The number of hydrogen-bond acceptors (Lipinski definition) is 0. The molecule has 4 heteroatoms. The van der Waals surface area contributed by atoms with Crippen LogP contribution in [0.15, 0.2) is 91.0 Å². The van der Waals surface area contributed by atoms with Crippen LogP contribution in [0.4, 0.5) is 0 Å². The van der Waals surface area contributed by atoms with E-state index in [9.17, 15) is 0 Å². The Hall–Kier alpha value is -1.35. The van der Waals surface area contributed by atoms with Crippen LogP contribution >= 0.6 is 24.8 Å². The number of fused-ring (bicyclic) bond motifs is 2. The Morgan fingerprint density at radius 1 is 0.621 bits per heavy atom. The second-order valence-corrected chi connectivity index (χ2v) is 26.0. The summed E-state index contributed by atoms with van der Waals surface area (Å²) in [5.41, 5.74) is 5.85. The molecule has 5 rings (SSSR count). The number of hydrogen-bond donors (Lipinski definition) is 0. The third-order valence-electron chi connectivity index (χ3n) is 6.93. The average molecular weight is 473 g/mol. The molecule has 3 aromatic carbocycles. The molecule has 2 aliphatic carbocycles. The van der Waals surface area contributed by atoms with E-state index in [4.69, 9.17) is 0 Å². The van der Waals surface area contributed by atoms with Crippen LogP contribution in [-0.2, 0) is 14.0 Å². The molecule has 0 bridgehead atoms. The fourth-order valence-corrected chi connectivity index (χ4v) is 18.3. The molecule has 0 nitrogen and oxygen atoms in total. The van der Waals surface area contributed by atoms with Crippen molar-refractivity contribution >= 4 is 48.5 Å². The predicted molar refractivity (Wildman–Crippen MR) is 131 cm³/mol. The normalized spacial score (nSPS) is 19.1. The molecule has 2 unspecified atom stereocenters. The first-order chi connectivity index (χ1) is 13.1. The average Bonchev–Trinajstić information content (AvgIpc) is 3.34. The molecular weight excluding hydrogens is 447 g/mol. The van der Waals surface area contributed by atoms with Gasteiger partial charge in [-0.2, -0.15) is 0 Å². The fourth-order valence-electron chi connectivity index (χ4n) is 5.37. The minimum absolute atomic E-state index is 0. The Balaban J connectivity index is 0.00000120. The van der Waals surface area contributed by atoms with Crippen molar-refractivity contribution in [2.45, 2.75) is 13.7 Å². The molecule has 0 amide bonds. The van der Waals surface area contributed by atoms with Gasteiger partial charge in [0.15, 0.2) is 0 Å². The summed E-state index contributed by atoms with van der Waals surface area (Å²) in [6.45, 7) is 0. The van der Waals surface area contributed by atoms with Crippen LogP contribution in [0, 0.1) is 0 Å². The van der Waals surface area contributed by atoms with Crippen LogP contribution < -0.4 is 3.87 Å². The summed E-state index contributed by atoms with van der Waals surface area (Å²) in [7, 11) is 2.37. The molecule has 0 radical (unpaired) electrons. The zero-order valence-electron chi connectivity index (χ0n) is 16.5. The van der Waals surface area contributed by atoms with Gasteiger partial charge < -0.3 is 0 Å². The van der Waals surface area contributed by atoms with Gasteiger partial charge in [0.1, 0.15) is 0 Å². The minimum atomic E-state index is -3.32. The van der Waals surface area contributed by atoms with E-state index in [1.807, 2.05) is 0 Å². The quantitative estimate of drug-likeness (QED) is 0.411. The van der Waals surface area contributed by atoms with E-state index in [0.717, 1.165) is 0 Å². The molecular formula is C25H26Cl2SiTi. The molecule has 148 valence electrons. The first kappa shape index (κ1) is 22.3. The van der Waals surface area contributed by atoms with Gasteiger partial charge in [0.25, 0.3) is 0 Å². The number of halogens is 2. The van der Waals surface area contributed by atoms with Crippen molar-refractivity contribution in [1.29, 1.82) is 0 Å². The molecule has 0 N–H and O–H groups in total. The summed E-state index contributed by atoms with van der Waals surface area (Å²) in [6, 6.07) is 29.4. The van der Waals surface area contributed by atoms with Crippen molar-refractivity contribution in [3.63, 3.8) is 0 Å². The first-order valence-corrected chi connectivity index (χ1v) is 17.9. The van der Waals surface area contributed by atoms with Crippen molar-refractivity contribution in [3.8, 4) is 0 Å². The van der Waals surface area contributed by atoms with Gasteiger partial charge in [-0.25, -0.2) is 0 Å². The van der Waals surface area contributed by atoms with Crippen molar-refractivity contribution in [2.24, 2.45) is 0 Å². The van der Waals surface area contributed by atoms with Gasteiger partial charge in [0, 0.05) is 0 Å². The Labute approximate surface area is 188 Å². The summed E-state index contributed by atoms with van der Waals surface area (Å²) in [5, 5.41) is 2.67. The molecule has 3 aromatic rings. The van der Waals surface area contributed by atoms with Gasteiger partial charge in [-0.1, -0.05) is 0 Å². The van der Waals surface area contributed by atoms with Crippen LogP contribution in [0.3, 0.4) is 0 Å². The molecule has 0 spiro atoms. The second kappa shape index (κ2) is 8.06. The van der Waals surface area contributed by atoms with Crippen molar-refractivity contribution in [2.75, 3.05) is 0 Å². The van der Waals surface area contributed by atoms with E-state index >= 15 is 0 Å². The van der Waals surface area contributed by atoms with Crippen molar-refractivity contribution < 1.29 is 14.0 Å². The summed E-state index contributed by atoms with van der Waals surface area (Å²) < 4.78 is 2.62. The van der Waals surface area contributed by atoms with Crippen molar-refractivity contribution in [1.82, 2.24) is 0 Å². The maximum absolute atomic E-state index is 3.32. The van der Waals surface area contributed by atoms with Crippen LogP contribution in [-0.4, -0.2) is 7.63 Å². The standard InChI is InChI=1S/2C9H7.C6H5.CH3.2ClH.H2Si.Ti/c2*1-2-5-9-7-3-6-8(9)4-1;1-2-4-6-5-3-1;;;;;/h2*1-7H;1-5H;1H3;2*1H;1H2;. The second-order valence-electron chi connectivity index (χ2n) is 8.52. The number of rotatable bonds is 3. The van der Waals surface area contributed by atoms with E-state index in [1.165, 1.54) is 22.3 Å². The Bertz CT molecular complexity index is 1100. The maximum atomic E-state index is 2.67. The molecule has 0 aliphatic heterocycles. The predicted octanol–water partition coefficient (Wildman–Crippen LogP) is 5.98. The third kappa shape index (κ3) is 3.24. The van der Waals surface area contributed by atoms with Crippen LogP contribution in [0.25, 0.3) is 12.2 Å². The third-order valence-corrected chi connectivity index (χ3v) is 22.3. The summed E-state index contributed by atoms with van der Waals surface area (Å²) in [4.78, 5) is 0. The SMILES string of the molecule is Cl.Cl.[CH3][Ti](=[SiH2])([c]1ccccc1)([CH]1C=Cc2ccccc21)[CH]1C=Cc2ccccc21. The molecule has 0 saturated heterocycles. The van der Waals surface area contributed by atoms with E-state index in [-0.39, 0.29) is 24.8 Å². The van der Waals surface area contributed by atoms with E-state index < -0.39 is 14.0 Å². The van der Waals surface area contributed by atoms with Crippen LogP contribution in [0.2, 0.25) is 5.23 Å². The topological polar surface area (TPSA) is 0 Å². The van der Waals surface area contributed by atoms with Crippen LogP contribution in [0.1, 0.15) is 30.7 Å². The number of allylic oxidation sites excluding steroid dienone is 2. The Morgan fingerprint density at radius 2 is 1.03 bits per heavy atom.